The molecule has 0 N–H and O–H groups in total. The average molecular weight is 158 g/mol. The minimum atomic E-state index is -0.345. The fraction of sp³-hybridized carbons (Fsp3) is 0.714. The predicted octanol–water partition coefficient (Wildman–Crippen LogP) is 1.84. The molecule has 1 unspecified atom stereocenters. The average Bonchev–Trinajstić information content (AvgIpc) is 2.36. The van der Waals surface area contributed by atoms with E-state index in [2.05, 4.69) is 10.1 Å². The van der Waals surface area contributed by atoms with E-state index in [0.717, 1.165) is 0 Å². The lowest BCUT2D eigenvalue weighted by atomic mass is 10.1. The molecule has 0 aromatic carbocycles. The van der Waals surface area contributed by atoms with Crippen molar-refractivity contribution >= 4 is 0 Å². The molecule has 4 heteroatoms. The molecule has 0 saturated carbocycles. The Morgan fingerprint density at radius 2 is 2.36 bits per heavy atom. The van der Waals surface area contributed by atoms with Gasteiger partial charge in [-0.15, -0.1) is 0 Å². The van der Waals surface area contributed by atoms with Crippen LogP contribution in [0.4, 0.5) is 4.39 Å². The summed E-state index contributed by atoms with van der Waals surface area (Å²) >= 11 is 0. The maximum absolute atomic E-state index is 11.8. The third-order valence-corrected chi connectivity index (χ3v) is 1.51. The minimum Gasteiger partial charge on any atom is -0.339 e. The van der Waals surface area contributed by atoms with Crippen LogP contribution in [0.15, 0.2) is 4.52 Å². The zero-order valence-electron chi connectivity index (χ0n) is 6.67. The lowest BCUT2D eigenvalue weighted by Crippen LogP contribution is -1.94. The first-order valence-corrected chi connectivity index (χ1v) is 3.60. The van der Waals surface area contributed by atoms with E-state index in [4.69, 9.17) is 4.52 Å². The summed E-state index contributed by atoms with van der Waals surface area (Å²) in [5.74, 6) is 1.16. The molecule has 0 bridgehead atoms. The van der Waals surface area contributed by atoms with Crippen molar-refractivity contribution in [1.82, 2.24) is 10.1 Å². The Balaban J connectivity index is 2.60. The molecule has 0 saturated heterocycles. The van der Waals surface area contributed by atoms with E-state index in [1.165, 1.54) is 0 Å². The molecule has 0 spiro atoms. The molecule has 0 aliphatic rings. The van der Waals surface area contributed by atoms with Gasteiger partial charge in [0.25, 0.3) is 0 Å². The molecule has 0 aliphatic carbocycles. The number of rotatable bonds is 3. The molecule has 62 valence electrons. The molecule has 0 aliphatic heterocycles. The Bertz CT molecular complexity index is 224. The van der Waals surface area contributed by atoms with Gasteiger partial charge in [-0.3, -0.25) is 4.39 Å². The van der Waals surface area contributed by atoms with Gasteiger partial charge in [0.05, 0.1) is 6.67 Å². The van der Waals surface area contributed by atoms with Crippen LogP contribution in [0.1, 0.15) is 31.0 Å². The highest BCUT2D eigenvalue weighted by Crippen LogP contribution is 2.16. The molecule has 3 nitrogen and oxygen atoms in total. The van der Waals surface area contributed by atoms with Gasteiger partial charge < -0.3 is 4.52 Å². The minimum absolute atomic E-state index is 0.0289. The van der Waals surface area contributed by atoms with Gasteiger partial charge in [0.1, 0.15) is 0 Å². The van der Waals surface area contributed by atoms with E-state index in [9.17, 15) is 4.39 Å². The van der Waals surface area contributed by atoms with Crippen LogP contribution >= 0.6 is 0 Å². The van der Waals surface area contributed by atoms with Crippen LogP contribution in [-0.2, 0) is 0 Å². The summed E-state index contributed by atoms with van der Waals surface area (Å²) in [4.78, 5) is 3.98. The van der Waals surface area contributed by atoms with E-state index in [1.807, 2.05) is 6.92 Å². The van der Waals surface area contributed by atoms with Crippen molar-refractivity contribution in [3.63, 3.8) is 0 Å². The van der Waals surface area contributed by atoms with E-state index in [0.29, 0.717) is 18.1 Å². The summed E-state index contributed by atoms with van der Waals surface area (Å²) in [6, 6.07) is 0. The zero-order chi connectivity index (χ0) is 8.27. The SMILES string of the molecule is Cc1noc(C(C)CCF)n1. The summed E-state index contributed by atoms with van der Waals surface area (Å²) in [6.07, 6.45) is 0.446. The molecule has 1 rings (SSSR count). The molecule has 0 amide bonds. The monoisotopic (exact) mass is 158 g/mol. The van der Waals surface area contributed by atoms with Crippen molar-refractivity contribution in [1.29, 1.82) is 0 Å². The lowest BCUT2D eigenvalue weighted by Gasteiger charge is -1.99. The van der Waals surface area contributed by atoms with Crippen molar-refractivity contribution in [3.05, 3.63) is 11.7 Å². The second kappa shape index (κ2) is 3.46. The standard InChI is InChI=1S/C7H11FN2O/c1-5(3-4-8)7-9-6(2)10-11-7/h5H,3-4H2,1-2H3. The van der Waals surface area contributed by atoms with Gasteiger partial charge in [0, 0.05) is 5.92 Å². The van der Waals surface area contributed by atoms with Gasteiger partial charge in [0.15, 0.2) is 5.82 Å². The van der Waals surface area contributed by atoms with Crippen LogP contribution in [0.25, 0.3) is 0 Å². The van der Waals surface area contributed by atoms with Crippen LogP contribution < -0.4 is 0 Å². The fourth-order valence-corrected chi connectivity index (χ4v) is 0.800. The number of nitrogens with zero attached hydrogens (tertiary/aromatic N) is 2. The second-order valence-electron chi connectivity index (χ2n) is 2.56. The normalized spacial score (nSPS) is 13.4. The number of halogens is 1. The van der Waals surface area contributed by atoms with Gasteiger partial charge in [0.2, 0.25) is 5.89 Å². The van der Waals surface area contributed by atoms with Gasteiger partial charge in [-0.1, -0.05) is 12.1 Å². The molecule has 1 aromatic heterocycles. The summed E-state index contributed by atoms with van der Waals surface area (Å²) in [6.45, 7) is 3.27. The lowest BCUT2D eigenvalue weighted by molar-refractivity contribution is 0.336. The molecular weight excluding hydrogens is 147 g/mol. The maximum Gasteiger partial charge on any atom is 0.229 e. The largest absolute Gasteiger partial charge is 0.339 e. The number of aryl methyl sites for hydroxylation is 1. The van der Waals surface area contributed by atoms with Crippen molar-refractivity contribution in [2.24, 2.45) is 0 Å². The topological polar surface area (TPSA) is 38.9 Å². The third-order valence-electron chi connectivity index (χ3n) is 1.51. The summed E-state index contributed by atoms with van der Waals surface area (Å²) in [5, 5.41) is 3.61. The molecule has 1 heterocycles. The number of aromatic nitrogens is 2. The first-order valence-electron chi connectivity index (χ1n) is 3.60. The molecule has 0 fully saturated rings. The van der Waals surface area contributed by atoms with Crippen LogP contribution in [0.2, 0.25) is 0 Å². The van der Waals surface area contributed by atoms with Crippen molar-refractivity contribution in [3.8, 4) is 0 Å². The molecule has 1 atom stereocenters. The summed E-state index contributed by atoms with van der Waals surface area (Å²) in [7, 11) is 0. The first-order chi connectivity index (χ1) is 5.24. The number of hydrogen-bond acceptors (Lipinski definition) is 3. The zero-order valence-corrected chi connectivity index (χ0v) is 6.67. The molecule has 1 aromatic rings. The van der Waals surface area contributed by atoms with Crippen molar-refractivity contribution < 1.29 is 8.91 Å². The Morgan fingerprint density at radius 1 is 1.64 bits per heavy atom. The van der Waals surface area contributed by atoms with Crippen LogP contribution in [0.5, 0.6) is 0 Å². The first kappa shape index (κ1) is 8.17. The smallest absolute Gasteiger partial charge is 0.229 e. The predicted molar refractivity (Wildman–Crippen MR) is 38.0 cm³/mol. The summed E-state index contributed by atoms with van der Waals surface area (Å²) in [5.41, 5.74) is 0. The van der Waals surface area contributed by atoms with E-state index < -0.39 is 0 Å². The van der Waals surface area contributed by atoms with Gasteiger partial charge in [-0.2, -0.15) is 4.98 Å². The number of alkyl halides is 1. The van der Waals surface area contributed by atoms with E-state index in [1.54, 1.807) is 6.92 Å². The third kappa shape index (κ3) is 2.00. The van der Waals surface area contributed by atoms with Crippen LogP contribution in [-0.4, -0.2) is 16.8 Å². The maximum atomic E-state index is 11.8. The fourth-order valence-electron chi connectivity index (χ4n) is 0.800. The van der Waals surface area contributed by atoms with Gasteiger partial charge in [-0.25, -0.2) is 0 Å². The molecule has 0 radical (unpaired) electrons. The van der Waals surface area contributed by atoms with Crippen molar-refractivity contribution in [2.75, 3.05) is 6.67 Å². The van der Waals surface area contributed by atoms with Gasteiger partial charge >= 0.3 is 0 Å². The number of hydrogen-bond donors (Lipinski definition) is 0. The highest BCUT2D eigenvalue weighted by atomic mass is 19.1. The highest BCUT2D eigenvalue weighted by molar-refractivity contribution is 4.89. The molecular formula is C7H11FN2O. The molecule has 11 heavy (non-hydrogen) atoms. The van der Waals surface area contributed by atoms with E-state index in [-0.39, 0.29) is 12.6 Å². The second-order valence-corrected chi connectivity index (χ2v) is 2.56. The highest BCUT2D eigenvalue weighted by Gasteiger charge is 2.11. The van der Waals surface area contributed by atoms with Crippen LogP contribution in [0.3, 0.4) is 0 Å². The Kier molecular flexibility index (Phi) is 2.57. The van der Waals surface area contributed by atoms with E-state index >= 15 is 0 Å². The Hall–Kier alpha value is -0.930. The van der Waals surface area contributed by atoms with Gasteiger partial charge in [-0.05, 0) is 13.3 Å². The van der Waals surface area contributed by atoms with Crippen molar-refractivity contribution in [2.45, 2.75) is 26.2 Å². The Labute approximate surface area is 64.6 Å². The Morgan fingerprint density at radius 3 is 2.82 bits per heavy atom. The van der Waals surface area contributed by atoms with Crippen LogP contribution in [0, 0.1) is 6.92 Å². The quantitative estimate of drug-likeness (QED) is 0.673. The summed E-state index contributed by atoms with van der Waals surface area (Å²) < 4.78 is 16.7.